The van der Waals surface area contributed by atoms with Gasteiger partial charge in [0.25, 0.3) is 0 Å². The van der Waals surface area contributed by atoms with Crippen LogP contribution in [-0.2, 0) is 20.7 Å². The number of halogens is 1. The van der Waals surface area contributed by atoms with Gasteiger partial charge in [0.1, 0.15) is 6.04 Å². The molecule has 1 aromatic carbocycles. The third-order valence-electron chi connectivity index (χ3n) is 4.22. The second-order valence-corrected chi connectivity index (χ2v) is 6.92. The summed E-state index contributed by atoms with van der Waals surface area (Å²) in [6.45, 7) is 0.671. The van der Waals surface area contributed by atoms with Crippen LogP contribution in [-0.4, -0.2) is 40.7 Å². The molecule has 0 radical (unpaired) electrons. The fourth-order valence-corrected chi connectivity index (χ4v) is 3.37. The van der Waals surface area contributed by atoms with Crippen LogP contribution in [0.1, 0.15) is 24.8 Å². The molecule has 1 aliphatic rings. The number of aromatic amines is 1. The van der Waals surface area contributed by atoms with Gasteiger partial charge in [-0.25, -0.2) is 4.79 Å². The van der Waals surface area contributed by atoms with Crippen molar-refractivity contribution in [2.45, 2.75) is 37.8 Å². The first-order chi connectivity index (χ1) is 11.5. The van der Waals surface area contributed by atoms with E-state index in [-0.39, 0.29) is 24.9 Å². The Morgan fingerprint density at radius 1 is 1.46 bits per heavy atom. The molecule has 1 aromatic heterocycles. The quantitative estimate of drug-likeness (QED) is 0.701. The van der Waals surface area contributed by atoms with Gasteiger partial charge in [-0.3, -0.25) is 4.79 Å². The molecule has 1 fully saturated rings. The molecular weight excluding hydrogens is 376 g/mol. The lowest BCUT2D eigenvalue weighted by atomic mass is 10.0. The highest BCUT2D eigenvalue weighted by Gasteiger charge is 2.25. The maximum absolute atomic E-state index is 12.1. The van der Waals surface area contributed by atoms with E-state index in [0.717, 1.165) is 33.8 Å². The SMILES string of the molecule is O=C(C[C@H]1CCCO1)N[C@H](Cc1c[nH]c2ccc(Br)cc12)C(=O)O. The zero-order valence-corrected chi connectivity index (χ0v) is 14.6. The lowest BCUT2D eigenvalue weighted by Crippen LogP contribution is -2.43. The Bertz CT molecular complexity index is 752. The van der Waals surface area contributed by atoms with Gasteiger partial charge in [0.15, 0.2) is 0 Å². The monoisotopic (exact) mass is 394 g/mol. The van der Waals surface area contributed by atoms with E-state index in [1.165, 1.54) is 0 Å². The number of carboxylic acids is 1. The maximum atomic E-state index is 12.1. The largest absolute Gasteiger partial charge is 0.480 e. The van der Waals surface area contributed by atoms with Crippen molar-refractivity contribution >= 4 is 38.7 Å². The number of nitrogens with one attached hydrogen (secondary N) is 2. The zero-order chi connectivity index (χ0) is 17.1. The van der Waals surface area contributed by atoms with Gasteiger partial charge in [-0.15, -0.1) is 0 Å². The van der Waals surface area contributed by atoms with Crippen LogP contribution in [0.5, 0.6) is 0 Å². The van der Waals surface area contributed by atoms with E-state index in [2.05, 4.69) is 26.2 Å². The van der Waals surface area contributed by atoms with Crippen LogP contribution in [0.2, 0.25) is 0 Å². The lowest BCUT2D eigenvalue weighted by Gasteiger charge is -2.16. The van der Waals surface area contributed by atoms with Crippen LogP contribution < -0.4 is 5.32 Å². The number of carbonyl (C=O) groups is 2. The number of carboxylic acid groups (broad SMARTS) is 1. The van der Waals surface area contributed by atoms with Crippen molar-refractivity contribution in [2.24, 2.45) is 0 Å². The van der Waals surface area contributed by atoms with Crippen LogP contribution in [0.25, 0.3) is 10.9 Å². The van der Waals surface area contributed by atoms with Crippen LogP contribution in [0.3, 0.4) is 0 Å². The molecule has 1 aliphatic heterocycles. The smallest absolute Gasteiger partial charge is 0.326 e. The fraction of sp³-hybridized carbons (Fsp3) is 0.412. The Balaban J connectivity index is 1.69. The summed E-state index contributed by atoms with van der Waals surface area (Å²) < 4.78 is 6.35. The van der Waals surface area contributed by atoms with Gasteiger partial charge in [-0.1, -0.05) is 15.9 Å². The summed E-state index contributed by atoms with van der Waals surface area (Å²) in [6.07, 6.45) is 3.93. The molecule has 24 heavy (non-hydrogen) atoms. The third-order valence-corrected chi connectivity index (χ3v) is 4.72. The number of aliphatic carboxylic acids is 1. The highest BCUT2D eigenvalue weighted by atomic mass is 79.9. The first-order valence-electron chi connectivity index (χ1n) is 7.92. The highest BCUT2D eigenvalue weighted by Crippen LogP contribution is 2.24. The summed E-state index contributed by atoms with van der Waals surface area (Å²) >= 11 is 3.42. The first-order valence-corrected chi connectivity index (χ1v) is 8.71. The van der Waals surface area contributed by atoms with Gasteiger partial charge in [0.2, 0.25) is 5.91 Å². The van der Waals surface area contributed by atoms with Crippen molar-refractivity contribution in [3.63, 3.8) is 0 Å². The molecule has 3 N–H and O–H groups in total. The summed E-state index contributed by atoms with van der Waals surface area (Å²) in [6, 6.07) is 4.82. The molecule has 0 bridgehead atoms. The predicted octanol–water partition coefficient (Wildman–Crippen LogP) is 2.61. The Morgan fingerprint density at radius 2 is 2.29 bits per heavy atom. The summed E-state index contributed by atoms with van der Waals surface area (Å²) in [5, 5.41) is 13.0. The number of hydrogen-bond donors (Lipinski definition) is 3. The van der Waals surface area contributed by atoms with Crippen LogP contribution in [0.4, 0.5) is 0 Å². The Hall–Kier alpha value is -1.86. The van der Waals surface area contributed by atoms with Gasteiger partial charge >= 0.3 is 5.97 Å². The average molecular weight is 395 g/mol. The first kappa shape index (κ1) is 17.0. The number of aromatic nitrogens is 1. The number of rotatable bonds is 6. The Labute approximate surface area is 147 Å². The van der Waals surface area contributed by atoms with Crippen molar-refractivity contribution in [3.05, 3.63) is 34.4 Å². The molecule has 2 heterocycles. The van der Waals surface area contributed by atoms with Gasteiger partial charge in [0, 0.05) is 34.6 Å². The van der Waals surface area contributed by atoms with Gasteiger partial charge in [0.05, 0.1) is 12.5 Å². The Kier molecular flexibility index (Phi) is 5.20. The van der Waals surface area contributed by atoms with E-state index in [1.54, 1.807) is 6.20 Å². The van der Waals surface area contributed by atoms with Crippen molar-refractivity contribution in [1.82, 2.24) is 10.3 Å². The number of H-pyrrole nitrogens is 1. The number of benzene rings is 1. The zero-order valence-electron chi connectivity index (χ0n) is 13.0. The Morgan fingerprint density at radius 3 is 3.00 bits per heavy atom. The van der Waals surface area contributed by atoms with Crippen molar-refractivity contribution in [1.29, 1.82) is 0 Å². The molecule has 1 saturated heterocycles. The number of carbonyl (C=O) groups excluding carboxylic acids is 1. The van der Waals surface area contributed by atoms with Crippen molar-refractivity contribution in [3.8, 4) is 0 Å². The van der Waals surface area contributed by atoms with Crippen LogP contribution in [0, 0.1) is 0 Å². The summed E-state index contributed by atoms with van der Waals surface area (Å²) in [7, 11) is 0. The molecular formula is C17H19BrN2O4. The number of ether oxygens (including phenoxy) is 1. The molecule has 2 atom stereocenters. The third kappa shape index (κ3) is 3.96. The molecule has 0 spiro atoms. The van der Waals surface area contributed by atoms with Gasteiger partial charge in [-0.2, -0.15) is 0 Å². The van der Waals surface area contributed by atoms with E-state index in [1.807, 2.05) is 18.2 Å². The topological polar surface area (TPSA) is 91.4 Å². The molecule has 2 aromatic rings. The average Bonchev–Trinajstić information content (AvgIpc) is 3.16. The predicted molar refractivity (Wildman–Crippen MR) is 92.9 cm³/mol. The number of fused-ring (bicyclic) bond motifs is 1. The molecule has 0 saturated carbocycles. The summed E-state index contributed by atoms with van der Waals surface area (Å²) in [5.74, 6) is -1.32. The van der Waals surface area contributed by atoms with Gasteiger partial charge < -0.3 is 20.1 Å². The minimum absolute atomic E-state index is 0.0940. The van der Waals surface area contributed by atoms with E-state index in [0.29, 0.717) is 6.61 Å². The molecule has 3 rings (SSSR count). The molecule has 1 amide bonds. The van der Waals surface area contributed by atoms with Crippen LogP contribution in [0.15, 0.2) is 28.9 Å². The number of amides is 1. The highest BCUT2D eigenvalue weighted by molar-refractivity contribution is 9.10. The summed E-state index contributed by atoms with van der Waals surface area (Å²) in [4.78, 5) is 26.8. The normalized spacial score (nSPS) is 18.6. The van der Waals surface area contributed by atoms with Crippen LogP contribution >= 0.6 is 15.9 Å². The molecule has 0 aliphatic carbocycles. The van der Waals surface area contributed by atoms with E-state index in [9.17, 15) is 14.7 Å². The number of hydrogen-bond acceptors (Lipinski definition) is 3. The minimum atomic E-state index is -1.04. The van der Waals surface area contributed by atoms with E-state index < -0.39 is 12.0 Å². The molecule has 128 valence electrons. The minimum Gasteiger partial charge on any atom is -0.480 e. The van der Waals surface area contributed by atoms with E-state index in [4.69, 9.17) is 4.74 Å². The second kappa shape index (κ2) is 7.36. The van der Waals surface area contributed by atoms with Crippen molar-refractivity contribution < 1.29 is 19.4 Å². The molecule has 0 unspecified atom stereocenters. The summed E-state index contributed by atoms with van der Waals surface area (Å²) in [5.41, 5.74) is 1.79. The molecule has 6 nitrogen and oxygen atoms in total. The van der Waals surface area contributed by atoms with E-state index >= 15 is 0 Å². The molecule has 7 heteroatoms. The van der Waals surface area contributed by atoms with Crippen molar-refractivity contribution in [2.75, 3.05) is 6.61 Å². The fourth-order valence-electron chi connectivity index (χ4n) is 3.00. The van der Waals surface area contributed by atoms with Gasteiger partial charge in [-0.05, 0) is 36.6 Å². The lowest BCUT2D eigenvalue weighted by molar-refractivity contribution is -0.142. The second-order valence-electron chi connectivity index (χ2n) is 6.01. The standard InChI is InChI=1S/C17H19BrN2O4/c18-11-3-4-14-13(7-11)10(9-19-14)6-15(17(22)23)20-16(21)8-12-2-1-5-24-12/h3-4,7,9,12,15,19H,1-2,5-6,8H2,(H,20,21)(H,22,23)/t12-,15-/m1/s1. The maximum Gasteiger partial charge on any atom is 0.326 e.